The Morgan fingerprint density at radius 1 is 1.23 bits per heavy atom. The van der Waals surface area contributed by atoms with Gasteiger partial charge in [-0.05, 0) is 25.1 Å². The van der Waals surface area contributed by atoms with Gasteiger partial charge in [0, 0.05) is 42.1 Å². The van der Waals surface area contributed by atoms with Crippen molar-refractivity contribution in [3.05, 3.63) is 76.2 Å². The number of benzene rings is 1. The van der Waals surface area contributed by atoms with E-state index >= 15 is 0 Å². The zero-order chi connectivity index (χ0) is 21.8. The molecule has 1 fully saturated rings. The maximum atomic E-state index is 13.1. The number of aromatic nitrogens is 1. The fourth-order valence-electron chi connectivity index (χ4n) is 4.01. The minimum Gasteiger partial charge on any atom is -0.466 e. The van der Waals surface area contributed by atoms with Crippen LogP contribution in [-0.4, -0.2) is 61.6 Å². The van der Waals surface area contributed by atoms with E-state index in [2.05, 4.69) is 15.2 Å². The first-order valence-corrected chi connectivity index (χ1v) is 10.6. The molecule has 1 unspecified atom stereocenters. The van der Waals surface area contributed by atoms with E-state index in [-0.39, 0.29) is 0 Å². The number of aliphatic imine (C=N–C) groups is 1. The summed E-state index contributed by atoms with van der Waals surface area (Å²) in [6, 6.07) is 13.1. The second-order valence-corrected chi connectivity index (χ2v) is 7.99. The zero-order valence-electron chi connectivity index (χ0n) is 17.6. The normalized spacial score (nSPS) is 22.0. The molecular formula is C23H25ClN4O3. The molecule has 1 aromatic heterocycles. The predicted molar refractivity (Wildman–Crippen MR) is 119 cm³/mol. The number of nitrogens with zero attached hydrogens (tertiary/aromatic N) is 3. The summed E-state index contributed by atoms with van der Waals surface area (Å²) in [4.78, 5) is 24.7. The summed E-state index contributed by atoms with van der Waals surface area (Å²) in [7, 11) is 1.38. The lowest BCUT2D eigenvalue weighted by Gasteiger charge is -2.37. The highest BCUT2D eigenvalue weighted by Crippen LogP contribution is 2.41. The Labute approximate surface area is 186 Å². The molecule has 2 aliphatic heterocycles. The van der Waals surface area contributed by atoms with Gasteiger partial charge in [-0.2, -0.15) is 0 Å². The molecule has 1 N–H and O–H groups in total. The number of hydrogen-bond donors (Lipinski definition) is 1. The van der Waals surface area contributed by atoms with E-state index in [9.17, 15) is 4.79 Å². The summed E-state index contributed by atoms with van der Waals surface area (Å²) in [5.74, 6) is 0.140. The van der Waals surface area contributed by atoms with Gasteiger partial charge in [-0.1, -0.05) is 35.9 Å². The Balaban J connectivity index is 1.88. The number of pyridine rings is 1. The Morgan fingerprint density at radius 3 is 2.65 bits per heavy atom. The van der Waals surface area contributed by atoms with Gasteiger partial charge in [0.25, 0.3) is 0 Å². The molecule has 2 aliphatic rings. The van der Waals surface area contributed by atoms with E-state index in [0.717, 1.165) is 24.4 Å². The maximum absolute atomic E-state index is 13.1. The number of halogens is 1. The molecule has 1 saturated heterocycles. The molecule has 0 aliphatic carbocycles. The maximum Gasteiger partial charge on any atom is 0.338 e. The Bertz CT molecular complexity index is 1020. The van der Waals surface area contributed by atoms with Crippen LogP contribution in [0.4, 0.5) is 0 Å². The lowest BCUT2D eigenvalue weighted by atomic mass is 9.82. The summed E-state index contributed by atoms with van der Waals surface area (Å²) in [5, 5.41) is 3.90. The molecule has 0 bridgehead atoms. The molecule has 0 amide bonds. The summed E-state index contributed by atoms with van der Waals surface area (Å²) in [6.45, 7) is 5.29. The van der Waals surface area contributed by atoms with E-state index in [1.165, 1.54) is 7.11 Å². The van der Waals surface area contributed by atoms with Gasteiger partial charge in [0.15, 0.2) is 5.84 Å². The van der Waals surface area contributed by atoms with Gasteiger partial charge < -0.3 is 14.8 Å². The number of esters is 1. The van der Waals surface area contributed by atoms with Gasteiger partial charge in [-0.3, -0.25) is 9.88 Å². The van der Waals surface area contributed by atoms with Gasteiger partial charge >= 0.3 is 5.97 Å². The third-order valence-electron chi connectivity index (χ3n) is 5.57. The molecule has 1 atom stereocenters. The fourth-order valence-corrected chi connectivity index (χ4v) is 4.33. The predicted octanol–water partition coefficient (Wildman–Crippen LogP) is 2.76. The SMILES string of the molecule is COC(=O)C1=C(CN2CCOCC2)NC(c2ccccn2)=NC1(C)c1ccccc1Cl. The van der Waals surface area contributed by atoms with Crippen LogP contribution in [0.1, 0.15) is 18.2 Å². The highest BCUT2D eigenvalue weighted by atomic mass is 35.5. The van der Waals surface area contributed by atoms with Crippen LogP contribution in [0.5, 0.6) is 0 Å². The van der Waals surface area contributed by atoms with Crippen LogP contribution in [0.25, 0.3) is 0 Å². The molecule has 7 nitrogen and oxygen atoms in total. The number of rotatable bonds is 5. The zero-order valence-corrected chi connectivity index (χ0v) is 18.4. The fraction of sp³-hybridized carbons (Fsp3) is 0.348. The molecule has 162 valence electrons. The average molecular weight is 441 g/mol. The van der Waals surface area contributed by atoms with Crippen molar-refractivity contribution in [2.45, 2.75) is 12.5 Å². The molecular weight excluding hydrogens is 416 g/mol. The number of carbonyl (C=O) groups is 1. The molecule has 0 saturated carbocycles. The van der Waals surface area contributed by atoms with Crippen LogP contribution < -0.4 is 5.32 Å². The first-order chi connectivity index (χ1) is 15.0. The highest BCUT2D eigenvalue weighted by molar-refractivity contribution is 6.31. The topological polar surface area (TPSA) is 76.0 Å². The molecule has 1 aromatic carbocycles. The van der Waals surface area contributed by atoms with Crippen molar-refractivity contribution in [2.24, 2.45) is 4.99 Å². The largest absolute Gasteiger partial charge is 0.466 e. The summed E-state index contributed by atoms with van der Waals surface area (Å²) < 4.78 is 10.7. The second kappa shape index (κ2) is 9.18. The molecule has 3 heterocycles. The Morgan fingerprint density at radius 2 is 1.97 bits per heavy atom. The van der Waals surface area contributed by atoms with Crippen LogP contribution in [0.15, 0.2) is 64.9 Å². The molecule has 0 spiro atoms. The lowest BCUT2D eigenvalue weighted by Crippen LogP contribution is -2.47. The molecule has 4 rings (SSSR count). The minimum absolute atomic E-state index is 0.439. The monoisotopic (exact) mass is 440 g/mol. The minimum atomic E-state index is -1.05. The van der Waals surface area contributed by atoms with Crippen molar-refractivity contribution < 1.29 is 14.3 Å². The third kappa shape index (κ3) is 4.35. The standard InChI is InChI=1S/C23H25ClN4O3/c1-23(16-7-3-4-8-17(16)24)20(22(29)30-2)19(15-28-11-13-31-14-12-28)26-21(27-23)18-9-5-6-10-25-18/h3-10H,11-15H2,1-2H3,(H,26,27). The molecule has 31 heavy (non-hydrogen) atoms. The second-order valence-electron chi connectivity index (χ2n) is 7.59. The van der Waals surface area contributed by atoms with E-state index in [0.29, 0.717) is 41.9 Å². The number of morpholine rings is 1. The first kappa shape index (κ1) is 21.5. The van der Waals surface area contributed by atoms with Crippen molar-refractivity contribution in [3.8, 4) is 0 Å². The number of amidine groups is 1. The van der Waals surface area contributed by atoms with Crippen LogP contribution in [0.2, 0.25) is 5.02 Å². The number of carbonyl (C=O) groups excluding carboxylic acids is 1. The van der Waals surface area contributed by atoms with Crippen molar-refractivity contribution in [3.63, 3.8) is 0 Å². The van der Waals surface area contributed by atoms with Crippen LogP contribution in [0, 0.1) is 0 Å². The molecule has 0 radical (unpaired) electrons. The third-order valence-corrected chi connectivity index (χ3v) is 5.90. The summed E-state index contributed by atoms with van der Waals surface area (Å²) in [6.07, 6.45) is 1.72. The smallest absolute Gasteiger partial charge is 0.338 e. The van der Waals surface area contributed by atoms with Gasteiger partial charge in [0.2, 0.25) is 0 Å². The number of ether oxygens (including phenoxy) is 2. The summed E-state index contributed by atoms with van der Waals surface area (Å²) >= 11 is 6.59. The van der Waals surface area contributed by atoms with Gasteiger partial charge in [-0.15, -0.1) is 0 Å². The van der Waals surface area contributed by atoms with Crippen LogP contribution in [-0.2, 0) is 19.8 Å². The van der Waals surface area contributed by atoms with Gasteiger partial charge in [0.05, 0.1) is 25.9 Å². The van der Waals surface area contributed by atoms with Gasteiger partial charge in [0.1, 0.15) is 11.2 Å². The van der Waals surface area contributed by atoms with Gasteiger partial charge in [-0.25, -0.2) is 9.79 Å². The van der Waals surface area contributed by atoms with E-state index in [4.69, 9.17) is 26.1 Å². The van der Waals surface area contributed by atoms with Crippen LogP contribution in [0.3, 0.4) is 0 Å². The number of methoxy groups -OCH3 is 1. The number of hydrogen-bond acceptors (Lipinski definition) is 7. The van der Waals surface area contributed by atoms with Crippen molar-refractivity contribution in [1.82, 2.24) is 15.2 Å². The first-order valence-electron chi connectivity index (χ1n) is 10.2. The van der Waals surface area contributed by atoms with Crippen molar-refractivity contribution in [2.75, 3.05) is 40.0 Å². The van der Waals surface area contributed by atoms with E-state index in [1.54, 1.807) is 12.3 Å². The summed E-state index contributed by atoms with van der Waals surface area (Å²) in [5.41, 5.74) is 1.53. The van der Waals surface area contributed by atoms with Crippen LogP contribution >= 0.6 is 11.6 Å². The van der Waals surface area contributed by atoms with Crippen molar-refractivity contribution in [1.29, 1.82) is 0 Å². The van der Waals surface area contributed by atoms with E-state index < -0.39 is 11.5 Å². The Kier molecular flexibility index (Phi) is 6.36. The van der Waals surface area contributed by atoms with Crippen molar-refractivity contribution >= 4 is 23.4 Å². The quantitative estimate of drug-likeness (QED) is 0.720. The average Bonchev–Trinajstić information content (AvgIpc) is 2.80. The lowest BCUT2D eigenvalue weighted by molar-refractivity contribution is -0.137. The molecule has 2 aromatic rings. The van der Waals surface area contributed by atoms with E-state index in [1.807, 2.05) is 43.3 Å². The highest BCUT2D eigenvalue weighted by Gasteiger charge is 2.43. The number of nitrogens with one attached hydrogen (secondary N) is 1. The Hall–Kier alpha value is -2.74. The molecule has 8 heteroatoms.